The molecule has 0 bridgehead atoms. The molecule has 0 radical (unpaired) electrons. The lowest BCUT2D eigenvalue weighted by Gasteiger charge is -2.22. The van der Waals surface area contributed by atoms with Crippen LogP contribution in [0.3, 0.4) is 0 Å². The quantitative estimate of drug-likeness (QED) is 0.408. The zero-order chi connectivity index (χ0) is 11.1. The van der Waals surface area contributed by atoms with Gasteiger partial charge in [-0.15, -0.1) is 0 Å². The highest BCUT2D eigenvalue weighted by molar-refractivity contribution is 5.60. The van der Waals surface area contributed by atoms with Crippen molar-refractivity contribution in [3.63, 3.8) is 0 Å². The molecule has 0 aromatic rings. The molecule has 1 aliphatic rings. The lowest BCUT2D eigenvalue weighted by atomic mass is 9.98. The first-order valence-corrected chi connectivity index (χ1v) is 5.18. The third-order valence-electron chi connectivity index (χ3n) is 2.32. The van der Waals surface area contributed by atoms with E-state index in [4.69, 9.17) is 4.74 Å². The summed E-state index contributed by atoms with van der Waals surface area (Å²) >= 11 is 0. The number of rotatable bonds is 4. The Labute approximate surface area is 88.7 Å². The van der Waals surface area contributed by atoms with Gasteiger partial charge in [-0.3, -0.25) is 4.79 Å². The van der Waals surface area contributed by atoms with Gasteiger partial charge in [0.1, 0.15) is 6.10 Å². The van der Waals surface area contributed by atoms with Crippen LogP contribution in [0.25, 0.3) is 0 Å². The van der Waals surface area contributed by atoms with E-state index in [0.717, 1.165) is 25.7 Å². The first-order valence-electron chi connectivity index (χ1n) is 5.18. The fourth-order valence-corrected chi connectivity index (χ4v) is 1.59. The van der Waals surface area contributed by atoms with Gasteiger partial charge in [-0.2, -0.15) is 0 Å². The summed E-state index contributed by atoms with van der Waals surface area (Å²) in [7, 11) is 0. The molecule has 1 aliphatic carbocycles. The zero-order valence-electron chi connectivity index (χ0n) is 8.81. The Morgan fingerprint density at radius 3 is 2.60 bits per heavy atom. The molecule has 5 heteroatoms. The molecule has 0 heterocycles. The maximum Gasteiger partial charge on any atom is 0.511 e. The maximum absolute atomic E-state index is 11.2. The lowest BCUT2D eigenvalue weighted by Crippen LogP contribution is -2.25. The number of hydrogen-bond donors (Lipinski definition) is 0. The van der Waals surface area contributed by atoms with Gasteiger partial charge in [0.15, 0.2) is 0 Å². The molecule has 1 rings (SSSR count). The Balaban J connectivity index is 2.19. The summed E-state index contributed by atoms with van der Waals surface area (Å²) in [6.45, 7) is 1.69. The molecule has 15 heavy (non-hydrogen) atoms. The Morgan fingerprint density at radius 2 is 2.00 bits per heavy atom. The summed E-state index contributed by atoms with van der Waals surface area (Å²) in [5.74, 6) is 0. The monoisotopic (exact) mass is 216 g/mol. The largest absolute Gasteiger partial charge is 0.511 e. The Bertz CT molecular complexity index is 210. The number of hydrogen-bond acceptors (Lipinski definition) is 5. The third kappa shape index (κ3) is 4.67. The van der Waals surface area contributed by atoms with Crippen molar-refractivity contribution in [1.29, 1.82) is 0 Å². The third-order valence-corrected chi connectivity index (χ3v) is 2.32. The molecular weight excluding hydrogens is 200 g/mol. The molecule has 0 saturated heterocycles. The van der Waals surface area contributed by atoms with Gasteiger partial charge in [0.05, 0.1) is 0 Å². The Morgan fingerprint density at radius 1 is 1.33 bits per heavy atom. The molecule has 1 unspecified atom stereocenters. The Hall–Kier alpha value is -1.26. The van der Waals surface area contributed by atoms with Crippen LogP contribution >= 0.6 is 0 Å². The van der Waals surface area contributed by atoms with Gasteiger partial charge in [0, 0.05) is 6.92 Å². The number of ether oxygens (including phenoxy) is 3. The molecule has 0 amide bonds. The van der Waals surface area contributed by atoms with Crippen molar-refractivity contribution < 1.29 is 23.8 Å². The highest BCUT2D eigenvalue weighted by atomic mass is 16.8. The van der Waals surface area contributed by atoms with E-state index in [-0.39, 0.29) is 12.6 Å². The molecule has 0 spiro atoms. The average Bonchev–Trinajstić information content (AvgIpc) is 2.19. The second-order valence-electron chi connectivity index (χ2n) is 3.55. The molecule has 1 saturated carbocycles. The van der Waals surface area contributed by atoms with Crippen LogP contribution in [0.15, 0.2) is 0 Å². The van der Waals surface area contributed by atoms with Crippen molar-refractivity contribution >= 4 is 12.6 Å². The lowest BCUT2D eigenvalue weighted by molar-refractivity contribution is -0.153. The summed E-state index contributed by atoms with van der Waals surface area (Å²) in [6.07, 6.45) is 3.43. The molecule has 0 aliphatic heterocycles. The fourth-order valence-electron chi connectivity index (χ4n) is 1.59. The van der Waals surface area contributed by atoms with Gasteiger partial charge in [0.25, 0.3) is 6.47 Å². The van der Waals surface area contributed by atoms with E-state index in [1.165, 1.54) is 13.3 Å². The first kappa shape index (κ1) is 11.8. The minimum Gasteiger partial charge on any atom is -0.431 e. The Kier molecular flexibility index (Phi) is 4.93. The smallest absolute Gasteiger partial charge is 0.431 e. The molecule has 86 valence electrons. The van der Waals surface area contributed by atoms with Crippen molar-refractivity contribution in [2.75, 3.05) is 0 Å². The van der Waals surface area contributed by atoms with Crippen molar-refractivity contribution in [2.45, 2.75) is 51.4 Å². The molecule has 1 fully saturated rings. The van der Waals surface area contributed by atoms with Gasteiger partial charge < -0.3 is 14.2 Å². The van der Waals surface area contributed by atoms with E-state index in [1.807, 2.05) is 0 Å². The zero-order valence-corrected chi connectivity index (χ0v) is 8.81. The summed E-state index contributed by atoms with van der Waals surface area (Å²) in [5.41, 5.74) is 0. The fraction of sp³-hybridized carbons (Fsp3) is 0.800. The van der Waals surface area contributed by atoms with Gasteiger partial charge in [-0.05, 0) is 25.7 Å². The molecule has 0 N–H and O–H groups in total. The minimum atomic E-state index is -0.890. The minimum absolute atomic E-state index is 0.0466. The van der Waals surface area contributed by atoms with E-state index in [1.54, 1.807) is 0 Å². The van der Waals surface area contributed by atoms with Gasteiger partial charge >= 0.3 is 6.16 Å². The van der Waals surface area contributed by atoms with Crippen LogP contribution in [0.2, 0.25) is 0 Å². The van der Waals surface area contributed by atoms with Crippen LogP contribution in [0.4, 0.5) is 4.79 Å². The standard InChI is InChI=1S/C10H16O5/c1-8(13-7-11)14-10(12)15-9-5-3-2-4-6-9/h7-9H,2-6H2,1H3. The van der Waals surface area contributed by atoms with Crippen LogP contribution in [-0.2, 0) is 19.0 Å². The molecular formula is C10H16O5. The topological polar surface area (TPSA) is 61.8 Å². The highest BCUT2D eigenvalue weighted by Crippen LogP contribution is 2.20. The van der Waals surface area contributed by atoms with Crippen LogP contribution < -0.4 is 0 Å². The SMILES string of the molecule is CC(OC=O)OC(=O)OC1CCCCC1. The predicted molar refractivity (Wildman–Crippen MR) is 51.1 cm³/mol. The van der Waals surface area contributed by atoms with E-state index in [9.17, 15) is 9.59 Å². The van der Waals surface area contributed by atoms with Gasteiger partial charge in [0.2, 0.25) is 6.29 Å². The van der Waals surface area contributed by atoms with Crippen LogP contribution in [-0.4, -0.2) is 25.0 Å². The van der Waals surface area contributed by atoms with E-state index in [0.29, 0.717) is 0 Å². The molecule has 0 aromatic heterocycles. The van der Waals surface area contributed by atoms with Crippen molar-refractivity contribution in [3.05, 3.63) is 0 Å². The summed E-state index contributed by atoms with van der Waals surface area (Å²) < 4.78 is 14.1. The second-order valence-corrected chi connectivity index (χ2v) is 3.55. The van der Waals surface area contributed by atoms with Crippen molar-refractivity contribution in [1.82, 2.24) is 0 Å². The molecule has 0 aromatic carbocycles. The van der Waals surface area contributed by atoms with Crippen molar-refractivity contribution in [2.24, 2.45) is 0 Å². The summed E-state index contributed by atoms with van der Waals surface area (Å²) in [4.78, 5) is 21.1. The highest BCUT2D eigenvalue weighted by Gasteiger charge is 2.20. The van der Waals surface area contributed by atoms with E-state index >= 15 is 0 Å². The number of carbonyl (C=O) groups is 2. The van der Waals surface area contributed by atoms with Gasteiger partial charge in [-0.1, -0.05) is 6.42 Å². The van der Waals surface area contributed by atoms with Gasteiger partial charge in [-0.25, -0.2) is 4.79 Å². The van der Waals surface area contributed by atoms with E-state index in [2.05, 4.69) is 9.47 Å². The number of carbonyl (C=O) groups excluding carboxylic acids is 2. The van der Waals surface area contributed by atoms with Crippen LogP contribution in [0, 0.1) is 0 Å². The van der Waals surface area contributed by atoms with Crippen LogP contribution in [0.5, 0.6) is 0 Å². The summed E-state index contributed by atoms with van der Waals surface area (Å²) in [5, 5.41) is 0. The predicted octanol–water partition coefficient (Wildman–Crippen LogP) is 1.99. The normalized spacial score (nSPS) is 19.0. The first-order chi connectivity index (χ1) is 7.22. The average molecular weight is 216 g/mol. The molecule has 1 atom stereocenters. The molecule has 5 nitrogen and oxygen atoms in total. The van der Waals surface area contributed by atoms with E-state index < -0.39 is 12.4 Å². The van der Waals surface area contributed by atoms with Crippen molar-refractivity contribution in [3.8, 4) is 0 Å². The van der Waals surface area contributed by atoms with Crippen LogP contribution in [0.1, 0.15) is 39.0 Å². The second kappa shape index (κ2) is 6.27. The maximum atomic E-state index is 11.2. The summed E-state index contributed by atoms with van der Waals surface area (Å²) in [6, 6.07) is 0.